The van der Waals surface area contributed by atoms with Gasteiger partial charge in [0.2, 0.25) is 0 Å². The van der Waals surface area contributed by atoms with Crippen molar-refractivity contribution in [3.63, 3.8) is 0 Å². The number of nitrogens with zero attached hydrogens (tertiary/aromatic N) is 3. The van der Waals surface area contributed by atoms with E-state index >= 15 is 0 Å². The van der Waals surface area contributed by atoms with Gasteiger partial charge in [-0.2, -0.15) is 0 Å². The highest BCUT2D eigenvalue weighted by Gasteiger charge is 2.19. The lowest BCUT2D eigenvalue weighted by molar-refractivity contribution is 0.531. The number of aromatic nitrogens is 3. The third-order valence-electron chi connectivity index (χ3n) is 2.74. The van der Waals surface area contributed by atoms with Crippen LogP contribution in [0, 0.1) is 0 Å². The van der Waals surface area contributed by atoms with Crippen LogP contribution in [-0.2, 0) is 12.8 Å². The van der Waals surface area contributed by atoms with Gasteiger partial charge in [-0.25, -0.2) is 4.98 Å². The molecule has 0 saturated carbocycles. The van der Waals surface area contributed by atoms with E-state index in [0.717, 1.165) is 31.5 Å². The Morgan fingerprint density at radius 2 is 2.28 bits per heavy atom. The van der Waals surface area contributed by atoms with Crippen molar-refractivity contribution in [3.8, 4) is 0 Å². The standard InChI is InChI=1S/C12H18N4S2/c1-3-5-13-10(8-11-14-6-7-17-11)12-9(4-2)15-16-18-12/h6-7,10,13H,3-5,8H2,1-2H3. The van der Waals surface area contributed by atoms with Crippen LogP contribution in [0.3, 0.4) is 0 Å². The third kappa shape index (κ3) is 3.34. The quantitative estimate of drug-likeness (QED) is 0.848. The van der Waals surface area contributed by atoms with E-state index in [1.54, 1.807) is 11.3 Å². The van der Waals surface area contributed by atoms with Crippen molar-refractivity contribution in [1.82, 2.24) is 19.9 Å². The predicted octanol–water partition coefficient (Wildman–Crippen LogP) is 2.84. The first-order chi connectivity index (χ1) is 8.85. The zero-order chi connectivity index (χ0) is 12.8. The first-order valence-electron chi connectivity index (χ1n) is 6.28. The summed E-state index contributed by atoms with van der Waals surface area (Å²) < 4.78 is 4.09. The molecular weight excluding hydrogens is 264 g/mol. The molecule has 0 spiro atoms. The van der Waals surface area contributed by atoms with Crippen molar-refractivity contribution in [2.24, 2.45) is 0 Å². The molecule has 6 heteroatoms. The summed E-state index contributed by atoms with van der Waals surface area (Å²) in [6.45, 7) is 5.32. The lowest BCUT2D eigenvalue weighted by Gasteiger charge is -2.16. The molecule has 0 radical (unpaired) electrons. The molecule has 4 nitrogen and oxygen atoms in total. The van der Waals surface area contributed by atoms with E-state index in [-0.39, 0.29) is 0 Å². The summed E-state index contributed by atoms with van der Waals surface area (Å²) >= 11 is 3.22. The van der Waals surface area contributed by atoms with Gasteiger partial charge in [-0.15, -0.1) is 16.4 Å². The molecule has 1 unspecified atom stereocenters. The Labute approximate surface area is 116 Å². The van der Waals surface area contributed by atoms with Crippen LogP contribution in [0.25, 0.3) is 0 Å². The van der Waals surface area contributed by atoms with Crippen molar-refractivity contribution in [2.75, 3.05) is 6.54 Å². The fourth-order valence-electron chi connectivity index (χ4n) is 1.83. The molecule has 0 saturated heterocycles. The zero-order valence-electron chi connectivity index (χ0n) is 10.7. The van der Waals surface area contributed by atoms with Crippen LogP contribution >= 0.6 is 22.9 Å². The maximum absolute atomic E-state index is 4.37. The number of hydrogen-bond acceptors (Lipinski definition) is 6. The van der Waals surface area contributed by atoms with Crippen molar-refractivity contribution in [3.05, 3.63) is 27.2 Å². The first-order valence-corrected chi connectivity index (χ1v) is 7.93. The van der Waals surface area contributed by atoms with E-state index in [2.05, 4.69) is 33.7 Å². The lowest BCUT2D eigenvalue weighted by atomic mass is 10.1. The highest BCUT2D eigenvalue weighted by Crippen LogP contribution is 2.25. The molecule has 2 rings (SSSR count). The van der Waals surface area contributed by atoms with Gasteiger partial charge in [0.1, 0.15) is 0 Å². The van der Waals surface area contributed by atoms with E-state index in [0.29, 0.717) is 6.04 Å². The van der Waals surface area contributed by atoms with E-state index in [1.807, 2.05) is 11.6 Å². The van der Waals surface area contributed by atoms with Crippen molar-refractivity contribution in [1.29, 1.82) is 0 Å². The van der Waals surface area contributed by atoms with Crippen LogP contribution in [0.1, 0.15) is 41.9 Å². The van der Waals surface area contributed by atoms with E-state index in [9.17, 15) is 0 Å². The van der Waals surface area contributed by atoms with Crippen molar-refractivity contribution < 1.29 is 0 Å². The molecule has 2 heterocycles. The summed E-state index contributed by atoms with van der Waals surface area (Å²) in [7, 11) is 0. The first kappa shape index (κ1) is 13.6. The molecule has 2 aromatic rings. The number of aryl methyl sites for hydroxylation is 1. The van der Waals surface area contributed by atoms with E-state index < -0.39 is 0 Å². The number of hydrogen-bond donors (Lipinski definition) is 1. The molecule has 0 aliphatic rings. The maximum Gasteiger partial charge on any atom is 0.0944 e. The van der Waals surface area contributed by atoms with Gasteiger partial charge in [0.05, 0.1) is 21.6 Å². The van der Waals surface area contributed by atoms with Gasteiger partial charge in [-0.05, 0) is 30.9 Å². The molecule has 0 bridgehead atoms. The van der Waals surface area contributed by atoms with Gasteiger partial charge in [0.25, 0.3) is 0 Å². The van der Waals surface area contributed by atoms with Gasteiger partial charge in [-0.1, -0.05) is 18.3 Å². The second kappa shape index (κ2) is 6.92. The summed E-state index contributed by atoms with van der Waals surface area (Å²) in [5.41, 5.74) is 1.12. The number of nitrogens with one attached hydrogen (secondary N) is 1. The van der Waals surface area contributed by atoms with Crippen LogP contribution < -0.4 is 5.32 Å². The Bertz CT molecular complexity index is 452. The Morgan fingerprint density at radius 3 is 2.94 bits per heavy atom. The van der Waals surface area contributed by atoms with Crippen LogP contribution in [0.15, 0.2) is 11.6 Å². The maximum atomic E-state index is 4.37. The van der Waals surface area contributed by atoms with E-state index in [1.165, 1.54) is 21.4 Å². The monoisotopic (exact) mass is 282 g/mol. The average molecular weight is 282 g/mol. The fourth-order valence-corrected chi connectivity index (χ4v) is 3.31. The molecule has 1 N–H and O–H groups in total. The minimum atomic E-state index is 0.297. The Kier molecular flexibility index (Phi) is 5.22. The van der Waals surface area contributed by atoms with Gasteiger partial charge >= 0.3 is 0 Å². The molecule has 0 aliphatic carbocycles. The normalized spacial score (nSPS) is 12.8. The highest BCUT2D eigenvalue weighted by molar-refractivity contribution is 7.09. The van der Waals surface area contributed by atoms with Crippen LogP contribution in [0.4, 0.5) is 0 Å². The molecule has 0 amide bonds. The van der Waals surface area contributed by atoms with Crippen LogP contribution in [0.5, 0.6) is 0 Å². The van der Waals surface area contributed by atoms with Gasteiger partial charge in [0.15, 0.2) is 0 Å². The predicted molar refractivity (Wildman–Crippen MR) is 76.1 cm³/mol. The Balaban J connectivity index is 2.14. The highest BCUT2D eigenvalue weighted by atomic mass is 32.1. The number of thiazole rings is 1. The van der Waals surface area contributed by atoms with Crippen LogP contribution in [0.2, 0.25) is 0 Å². The molecule has 18 heavy (non-hydrogen) atoms. The molecule has 0 aliphatic heterocycles. The minimum absolute atomic E-state index is 0.297. The van der Waals surface area contributed by atoms with Gasteiger partial charge in [-0.3, -0.25) is 0 Å². The largest absolute Gasteiger partial charge is 0.309 e. The smallest absolute Gasteiger partial charge is 0.0944 e. The summed E-state index contributed by atoms with van der Waals surface area (Å²) in [5.74, 6) is 0. The summed E-state index contributed by atoms with van der Waals surface area (Å²) in [5, 5.41) is 11.0. The SMILES string of the molecule is CCCNC(Cc1nccs1)c1snnc1CC. The fraction of sp³-hybridized carbons (Fsp3) is 0.583. The summed E-state index contributed by atoms with van der Waals surface area (Å²) in [6, 6.07) is 0.297. The van der Waals surface area contributed by atoms with Gasteiger partial charge in [0, 0.05) is 18.0 Å². The summed E-state index contributed by atoms with van der Waals surface area (Å²) in [4.78, 5) is 5.64. The van der Waals surface area contributed by atoms with Crippen LogP contribution in [-0.4, -0.2) is 21.1 Å². The second-order valence-corrected chi connectivity index (χ2v) is 5.84. The molecule has 0 aromatic carbocycles. The second-order valence-electron chi connectivity index (χ2n) is 4.07. The third-order valence-corrected chi connectivity index (χ3v) is 4.42. The molecule has 1 atom stereocenters. The molecular formula is C12H18N4S2. The average Bonchev–Trinajstić information content (AvgIpc) is 3.04. The zero-order valence-corrected chi connectivity index (χ0v) is 12.4. The molecule has 98 valence electrons. The molecule has 0 fully saturated rings. The van der Waals surface area contributed by atoms with Crippen molar-refractivity contribution >= 4 is 22.9 Å². The summed E-state index contributed by atoms with van der Waals surface area (Å²) in [6.07, 6.45) is 4.85. The minimum Gasteiger partial charge on any atom is -0.309 e. The Hall–Kier alpha value is -0.850. The lowest BCUT2D eigenvalue weighted by Crippen LogP contribution is -2.24. The van der Waals surface area contributed by atoms with E-state index in [4.69, 9.17) is 0 Å². The molecule has 2 aromatic heterocycles. The number of rotatable bonds is 7. The van der Waals surface area contributed by atoms with Crippen molar-refractivity contribution in [2.45, 2.75) is 39.2 Å². The topological polar surface area (TPSA) is 50.7 Å². The van der Waals surface area contributed by atoms with Gasteiger partial charge < -0.3 is 5.32 Å². The Morgan fingerprint density at radius 1 is 1.39 bits per heavy atom.